The highest BCUT2D eigenvalue weighted by molar-refractivity contribution is 5.71. The Labute approximate surface area is 119 Å². The van der Waals surface area contributed by atoms with Crippen molar-refractivity contribution in [1.82, 2.24) is 0 Å². The van der Waals surface area contributed by atoms with Crippen LogP contribution in [-0.4, -0.2) is 39.2 Å². The summed E-state index contributed by atoms with van der Waals surface area (Å²) >= 11 is 0. The van der Waals surface area contributed by atoms with Gasteiger partial charge in [0.2, 0.25) is 0 Å². The van der Waals surface area contributed by atoms with Crippen LogP contribution in [0, 0.1) is 6.92 Å². The van der Waals surface area contributed by atoms with E-state index in [0.29, 0.717) is 13.1 Å². The zero-order chi connectivity index (χ0) is 15.0. The first-order chi connectivity index (χ1) is 9.56. The molecule has 0 heterocycles. The summed E-state index contributed by atoms with van der Waals surface area (Å²) in [4.78, 5) is 24.5. The molecule has 0 saturated carbocycles. The van der Waals surface area contributed by atoms with Gasteiger partial charge in [-0.15, -0.1) is 0 Å². The van der Waals surface area contributed by atoms with Gasteiger partial charge in [-0.25, -0.2) is 0 Å². The van der Waals surface area contributed by atoms with Crippen LogP contribution in [0.5, 0.6) is 0 Å². The number of esters is 2. The monoisotopic (exact) mass is 279 g/mol. The Balaban J connectivity index is 2.72. The molecule has 0 aliphatic carbocycles. The number of hydrogen-bond acceptors (Lipinski definition) is 5. The summed E-state index contributed by atoms with van der Waals surface area (Å²) in [5, 5.41) is 0. The van der Waals surface area contributed by atoms with E-state index in [1.807, 2.05) is 36.1 Å². The van der Waals surface area contributed by atoms with Gasteiger partial charge in [0.15, 0.2) is 0 Å². The summed E-state index contributed by atoms with van der Waals surface area (Å²) in [5.74, 6) is -0.526. The van der Waals surface area contributed by atoms with Gasteiger partial charge in [0.1, 0.15) is 0 Å². The van der Waals surface area contributed by atoms with E-state index in [1.165, 1.54) is 14.2 Å². The molecule has 110 valence electrons. The fraction of sp³-hybridized carbons (Fsp3) is 0.467. The number of ether oxygens (including phenoxy) is 2. The normalized spacial score (nSPS) is 9.95. The van der Waals surface area contributed by atoms with E-state index in [4.69, 9.17) is 0 Å². The second kappa shape index (κ2) is 8.19. The first kappa shape index (κ1) is 16.0. The number of carbonyl (C=O) groups excluding carboxylic acids is 2. The topological polar surface area (TPSA) is 55.8 Å². The summed E-state index contributed by atoms with van der Waals surface area (Å²) in [5.41, 5.74) is 2.11. The zero-order valence-corrected chi connectivity index (χ0v) is 12.2. The minimum absolute atomic E-state index is 0.263. The number of hydrogen-bond donors (Lipinski definition) is 0. The maximum atomic E-state index is 11.3. The summed E-state index contributed by atoms with van der Waals surface area (Å²) in [6.45, 7) is 3.02. The van der Waals surface area contributed by atoms with Crippen LogP contribution in [0.25, 0.3) is 0 Å². The lowest BCUT2D eigenvalue weighted by atomic mass is 10.2. The molecule has 20 heavy (non-hydrogen) atoms. The molecule has 0 saturated heterocycles. The average Bonchev–Trinajstić information content (AvgIpc) is 2.46. The lowest BCUT2D eigenvalue weighted by molar-refractivity contribution is -0.140. The number of nitrogens with zero attached hydrogens (tertiary/aromatic N) is 1. The summed E-state index contributed by atoms with van der Waals surface area (Å²) in [6, 6.07) is 7.94. The molecular weight excluding hydrogens is 258 g/mol. The van der Waals surface area contributed by atoms with Crippen LogP contribution >= 0.6 is 0 Å². The van der Waals surface area contributed by atoms with Crippen molar-refractivity contribution in [3.63, 3.8) is 0 Å². The van der Waals surface area contributed by atoms with Crippen molar-refractivity contribution in [2.45, 2.75) is 19.8 Å². The Morgan fingerprint density at radius 2 is 1.60 bits per heavy atom. The predicted octanol–water partition coefficient (Wildman–Crippen LogP) is 1.93. The van der Waals surface area contributed by atoms with Crippen LogP contribution in [0.2, 0.25) is 0 Å². The van der Waals surface area contributed by atoms with Crippen molar-refractivity contribution < 1.29 is 19.1 Å². The number of methoxy groups -OCH3 is 2. The Morgan fingerprint density at radius 1 is 1.05 bits per heavy atom. The number of rotatable bonds is 7. The third-order valence-corrected chi connectivity index (χ3v) is 2.99. The lowest BCUT2D eigenvalue weighted by Gasteiger charge is -2.24. The second-order valence-electron chi connectivity index (χ2n) is 4.48. The van der Waals surface area contributed by atoms with Gasteiger partial charge < -0.3 is 14.4 Å². The van der Waals surface area contributed by atoms with Gasteiger partial charge in [0.25, 0.3) is 0 Å². The SMILES string of the molecule is COC(=O)CCN(CCC(=O)OC)c1cccc(C)c1. The largest absolute Gasteiger partial charge is 0.469 e. The first-order valence-corrected chi connectivity index (χ1v) is 6.52. The molecular formula is C15H21NO4. The summed E-state index contributed by atoms with van der Waals surface area (Å²) in [6.07, 6.45) is 0.567. The number of aryl methyl sites for hydroxylation is 1. The van der Waals surface area contributed by atoms with Crippen molar-refractivity contribution in [3.8, 4) is 0 Å². The Morgan fingerprint density at radius 3 is 2.05 bits per heavy atom. The van der Waals surface area contributed by atoms with Gasteiger partial charge >= 0.3 is 11.9 Å². The van der Waals surface area contributed by atoms with Gasteiger partial charge in [-0.2, -0.15) is 0 Å². The van der Waals surface area contributed by atoms with Crippen LogP contribution in [0.15, 0.2) is 24.3 Å². The van der Waals surface area contributed by atoms with E-state index < -0.39 is 0 Å². The van der Waals surface area contributed by atoms with Crippen molar-refractivity contribution in [2.24, 2.45) is 0 Å². The van der Waals surface area contributed by atoms with Gasteiger partial charge in [-0.1, -0.05) is 12.1 Å². The molecule has 1 rings (SSSR count). The van der Waals surface area contributed by atoms with E-state index in [0.717, 1.165) is 11.3 Å². The molecule has 0 amide bonds. The molecule has 0 aliphatic heterocycles. The van der Waals surface area contributed by atoms with Crippen molar-refractivity contribution in [3.05, 3.63) is 29.8 Å². The zero-order valence-electron chi connectivity index (χ0n) is 12.2. The standard InChI is InChI=1S/C15H21NO4/c1-12-5-4-6-13(11-12)16(9-7-14(17)19-2)10-8-15(18)20-3/h4-6,11H,7-10H2,1-3H3. The summed E-state index contributed by atoms with van der Waals surface area (Å²) in [7, 11) is 2.74. The fourth-order valence-electron chi connectivity index (χ4n) is 1.85. The molecule has 5 heteroatoms. The quantitative estimate of drug-likeness (QED) is 0.714. The van der Waals surface area contributed by atoms with Crippen LogP contribution in [0.4, 0.5) is 5.69 Å². The summed E-state index contributed by atoms with van der Waals surface area (Å²) < 4.78 is 9.30. The molecule has 5 nitrogen and oxygen atoms in total. The van der Waals surface area contributed by atoms with Gasteiger partial charge in [-0.05, 0) is 24.6 Å². The lowest BCUT2D eigenvalue weighted by Crippen LogP contribution is -2.29. The highest BCUT2D eigenvalue weighted by atomic mass is 16.5. The average molecular weight is 279 g/mol. The minimum atomic E-state index is -0.263. The third-order valence-electron chi connectivity index (χ3n) is 2.99. The molecule has 1 aromatic rings. The maximum Gasteiger partial charge on any atom is 0.307 e. The molecule has 0 bridgehead atoms. The van der Waals surface area contributed by atoms with Gasteiger partial charge in [0.05, 0.1) is 27.1 Å². The molecule has 0 aliphatic rings. The molecule has 1 aromatic carbocycles. The molecule has 0 aromatic heterocycles. The fourth-order valence-corrected chi connectivity index (χ4v) is 1.85. The highest BCUT2D eigenvalue weighted by Crippen LogP contribution is 2.17. The molecule has 0 fully saturated rings. The van der Waals surface area contributed by atoms with Crippen LogP contribution in [0.3, 0.4) is 0 Å². The van der Waals surface area contributed by atoms with E-state index in [-0.39, 0.29) is 24.8 Å². The maximum absolute atomic E-state index is 11.3. The second-order valence-corrected chi connectivity index (χ2v) is 4.48. The van der Waals surface area contributed by atoms with Crippen molar-refractivity contribution in [2.75, 3.05) is 32.2 Å². The molecule has 0 atom stereocenters. The van der Waals surface area contributed by atoms with E-state index in [9.17, 15) is 9.59 Å². The Kier molecular flexibility index (Phi) is 6.56. The number of benzene rings is 1. The minimum Gasteiger partial charge on any atom is -0.469 e. The molecule has 0 spiro atoms. The third kappa shape index (κ3) is 5.30. The van der Waals surface area contributed by atoms with Crippen molar-refractivity contribution in [1.29, 1.82) is 0 Å². The first-order valence-electron chi connectivity index (χ1n) is 6.52. The van der Waals surface area contributed by atoms with Gasteiger partial charge in [-0.3, -0.25) is 9.59 Å². The Bertz CT molecular complexity index is 439. The van der Waals surface area contributed by atoms with Crippen LogP contribution in [-0.2, 0) is 19.1 Å². The van der Waals surface area contributed by atoms with E-state index >= 15 is 0 Å². The molecule has 0 N–H and O–H groups in total. The van der Waals surface area contributed by atoms with Crippen molar-refractivity contribution >= 4 is 17.6 Å². The van der Waals surface area contributed by atoms with E-state index in [2.05, 4.69) is 9.47 Å². The van der Waals surface area contributed by atoms with Gasteiger partial charge in [0, 0.05) is 18.8 Å². The van der Waals surface area contributed by atoms with Crippen LogP contribution < -0.4 is 4.90 Å². The number of anilines is 1. The molecule has 0 unspecified atom stereocenters. The molecule has 0 radical (unpaired) electrons. The van der Waals surface area contributed by atoms with E-state index in [1.54, 1.807) is 0 Å². The number of carbonyl (C=O) groups is 2. The smallest absolute Gasteiger partial charge is 0.307 e. The van der Waals surface area contributed by atoms with Crippen LogP contribution in [0.1, 0.15) is 18.4 Å². The Hall–Kier alpha value is -2.04. The predicted molar refractivity (Wildman–Crippen MR) is 76.7 cm³/mol. The highest BCUT2D eigenvalue weighted by Gasteiger charge is 2.12.